The van der Waals surface area contributed by atoms with E-state index in [1.165, 1.54) is 11.8 Å². The third kappa shape index (κ3) is 4.58. The standard InChI is InChI=1S/C25H22BrN5O2S2/c26-22-10-9-21(35-22)17-11-12-28-25(29-17)34-16-23(32)31(15-5-8-20(31)24(27)33)19-7-2-1-6-18(19)30-13-3-4-14-30/h1-4,6-7,9-14,20H,5,8,15-16H2,(H-,27,33)/p+1/t20-,31?/m0/s1. The van der Waals surface area contributed by atoms with Crippen molar-refractivity contribution in [3.05, 3.63) is 77.0 Å². The smallest absolute Gasteiger partial charge is 0.329 e. The second-order valence-corrected chi connectivity index (χ2v) is 11.6. The van der Waals surface area contributed by atoms with Crippen LogP contribution >= 0.6 is 39.0 Å². The highest BCUT2D eigenvalue weighted by Crippen LogP contribution is 2.40. The Bertz CT molecular complexity index is 1370. The van der Waals surface area contributed by atoms with Gasteiger partial charge in [-0.25, -0.2) is 19.2 Å². The van der Waals surface area contributed by atoms with E-state index < -0.39 is 11.9 Å². The second kappa shape index (κ2) is 10.1. The first-order valence-corrected chi connectivity index (χ1v) is 13.7. The van der Waals surface area contributed by atoms with Crippen LogP contribution in [0.4, 0.5) is 5.69 Å². The maximum Gasteiger partial charge on any atom is 0.329 e. The fourth-order valence-electron chi connectivity index (χ4n) is 4.75. The van der Waals surface area contributed by atoms with Crippen molar-refractivity contribution in [3.8, 4) is 16.3 Å². The van der Waals surface area contributed by atoms with Crippen LogP contribution in [0, 0.1) is 0 Å². The van der Waals surface area contributed by atoms with Gasteiger partial charge in [-0.3, -0.25) is 4.79 Å². The Morgan fingerprint density at radius 3 is 2.69 bits per heavy atom. The first-order valence-electron chi connectivity index (χ1n) is 11.1. The molecule has 1 fully saturated rings. The molecule has 0 spiro atoms. The van der Waals surface area contributed by atoms with Gasteiger partial charge in [-0.1, -0.05) is 23.9 Å². The lowest BCUT2D eigenvalue weighted by Gasteiger charge is -2.36. The average Bonchev–Trinajstić information content (AvgIpc) is 3.64. The monoisotopic (exact) mass is 568 g/mol. The number of nitrogens with two attached hydrogens (primary N) is 1. The van der Waals surface area contributed by atoms with Gasteiger partial charge in [0.1, 0.15) is 11.4 Å². The molecule has 2 amide bonds. The number of likely N-dealkylation sites (tertiary alicyclic amines) is 1. The Morgan fingerprint density at radius 1 is 1.14 bits per heavy atom. The molecular formula is C25H23BrN5O2S2+. The third-order valence-corrected chi connectivity index (χ3v) is 8.76. The number of carbonyl (C=O) groups is 2. The van der Waals surface area contributed by atoms with Gasteiger partial charge in [0.25, 0.3) is 5.91 Å². The summed E-state index contributed by atoms with van der Waals surface area (Å²) in [5.41, 5.74) is 8.32. The molecule has 0 saturated carbocycles. The van der Waals surface area contributed by atoms with E-state index in [4.69, 9.17) is 5.73 Å². The zero-order chi connectivity index (χ0) is 24.4. The number of hydrogen-bond donors (Lipinski definition) is 1. The number of thiophene rings is 1. The molecule has 10 heteroatoms. The van der Waals surface area contributed by atoms with Crippen molar-refractivity contribution in [3.63, 3.8) is 0 Å². The van der Waals surface area contributed by atoms with Crippen LogP contribution < -0.4 is 10.2 Å². The molecule has 1 aliphatic rings. The van der Waals surface area contributed by atoms with E-state index in [9.17, 15) is 9.59 Å². The SMILES string of the molecule is NC(=O)[C@@H]1CCC[N+]1(C(=O)CSc1nccc(-c2ccc(Br)s2)n1)c1ccccc1-n1cccc1. The molecule has 1 unspecified atom stereocenters. The predicted octanol–water partition coefficient (Wildman–Crippen LogP) is 5.03. The Kier molecular flexibility index (Phi) is 6.88. The molecular weight excluding hydrogens is 546 g/mol. The first-order chi connectivity index (χ1) is 17.0. The lowest BCUT2D eigenvalue weighted by Crippen LogP contribution is -2.62. The van der Waals surface area contributed by atoms with Crippen LogP contribution in [0.2, 0.25) is 0 Å². The van der Waals surface area contributed by atoms with E-state index >= 15 is 0 Å². The van der Waals surface area contributed by atoms with Crippen molar-refractivity contribution < 1.29 is 9.59 Å². The van der Waals surface area contributed by atoms with E-state index in [0.717, 1.165) is 32.2 Å². The molecule has 7 nitrogen and oxygen atoms in total. The van der Waals surface area contributed by atoms with Crippen LogP contribution in [0.1, 0.15) is 12.8 Å². The zero-order valence-electron chi connectivity index (χ0n) is 18.7. The maximum absolute atomic E-state index is 14.0. The molecule has 2 N–H and O–H groups in total. The molecule has 4 heterocycles. The first kappa shape index (κ1) is 23.9. The summed E-state index contributed by atoms with van der Waals surface area (Å²) in [4.78, 5) is 36.6. The number of aromatic nitrogens is 3. The van der Waals surface area contributed by atoms with Crippen LogP contribution in [0.3, 0.4) is 0 Å². The van der Waals surface area contributed by atoms with Gasteiger partial charge in [0, 0.05) is 37.5 Å². The fraction of sp³-hybridized carbons (Fsp3) is 0.200. The Hall–Kier alpha value is -2.79. The molecule has 178 valence electrons. The van der Waals surface area contributed by atoms with Crippen molar-refractivity contribution >= 4 is 56.5 Å². The van der Waals surface area contributed by atoms with Crippen LogP contribution in [-0.4, -0.2) is 44.7 Å². The second-order valence-electron chi connectivity index (χ2n) is 8.24. The number of rotatable bonds is 7. The molecule has 35 heavy (non-hydrogen) atoms. The number of para-hydroxylation sites is 2. The number of thioether (sulfide) groups is 1. The molecule has 2 atom stereocenters. The summed E-state index contributed by atoms with van der Waals surface area (Å²) in [5, 5.41) is 0.520. The van der Waals surface area contributed by atoms with Gasteiger partial charge in [0.15, 0.2) is 16.9 Å². The quantitative estimate of drug-likeness (QED) is 0.192. The summed E-state index contributed by atoms with van der Waals surface area (Å²) in [7, 11) is 0. The van der Waals surface area contributed by atoms with E-state index in [-0.39, 0.29) is 16.1 Å². The summed E-state index contributed by atoms with van der Waals surface area (Å²) >= 11 is 6.36. The normalized spacial score (nSPS) is 19.6. The van der Waals surface area contributed by atoms with Gasteiger partial charge < -0.3 is 10.3 Å². The number of carbonyl (C=O) groups excluding carboxylic acids is 2. The van der Waals surface area contributed by atoms with Gasteiger partial charge in [-0.15, -0.1) is 11.3 Å². The minimum atomic E-state index is -0.615. The average molecular weight is 570 g/mol. The van der Waals surface area contributed by atoms with Gasteiger partial charge in [0.05, 0.1) is 20.9 Å². The van der Waals surface area contributed by atoms with Crippen molar-refractivity contribution in [1.29, 1.82) is 0 Å². The topological polar surface area (TPSA) is 90.9 Å². The van der Waals surface area contributed by atoms with Crippen LogP contribution in [-0.2, 0) is 9.59 Å². The highest BCUT2D eigenvalue weighted by molar-refractivity contribution is 9.11. The molecule has 5 rings (SSSR count). The Balaban J connectivity index is 1.48. The molecule has 1 saturated heterocycles. The van der Waals surface area contributed by atoms with Crippen LogP contribution in [0.5, 0.6) is 0 Å². The van der Waals surface area contributed by atoms with E-state index in [1.54, 1.807) is 17.5 Å². The molecule has 1 aliphatic heterocycles. The number of benzene rings is 1. The molecule has 4 aromatic rings. The molecule has 0 radical (unpaired) electrons. The fourth-order valence-corrected chi connectivity index (χ4v) is 6.88. The summed E-state index contributed by atoms with van der Waals surface area (Å²) < 4.78 is 2.90. The Labute approximate surface area is 219 Å². The van der Waals surface area contributed by atoms with Gasteiger partial charge in [0.2, 0.25) is 0 Å². The minimum absolute atomic E-state index is 0.0798. The van der Waals surface area contributed by atoms with E-state index in [2.05, 4.69) is 25.9 Å². The minimum Gasteiger partial charge on any atom is -0.364 e. The molecule has 0 bridgehead atoms. The Morgan fingerprint density at radius 2 is 1.94 bits per heavy atom. The van der Waals surface area contributed by atoms with Crippen molar-refractivity contribution in [2.24, 2.45) is 5.73 Å². The van der Waals surface area contributed by atoms with Crippen molar-refractivity contribution in [2.75, 3.05) is 12.3 Å². The summed E-state index contributed by atoms with van der Waals surface area (Å²) in [6.45, 7) is 0.523. The largest absolute Gasteiger partial charge is 0.364 e. The summed E-state index contributed by atoms with van der Waals surface area (Å²) in [5.74, 6) is -0.407. The predicted molar refractivity (Wildman–Crippen MR) is 143 cm³/mol. The van der Waals surface area contributed by atoms with Crippen molar-refractivity contribution in [2.45, 2.75) is 24.0 Å². The lowest BCUT2D eigenvalue weighted by atomic mass is 10.1. The van der Waals surface area contributed by atoms with Gasteiger partial charge in [-0.2, -0.15) is 0 Å². The summed E-state index contributed by atoms with van der Waals surface area (Å²) in [6, 6.07) is 16.8. The molecule has 1 aromatic carbocycles. The van der Waals surface area contributed by atoms with Gasteiger partial charge >= 0.3 is 5.91 Å². The van der Waals surface area contributed by atoms with Crippen LogP contribution in [0.25, 0.3) is 16.3 Å². The van der Waals surface area contributed by atoms with Gasteiger partial charge in [-0.05, 0) is 52.3 Å². The number of nitrogens with zero attached hydrogens (tertiary/aromatic N) is 4. The molecule has 3 aromatic heterocycles. The number of hydrogen-bond acceptors (Lipinski definition) is 6. The number of halogens is 1. The number of amides is 2. The van der Waals surface area contributed by atoms with E-state index in [0.29, 0.717) is 18.1 Å². The van der Waals surface area contributed by atoms with Crippen LogP contribution in [0.15, 0.2) is 82.1 Å². The molecule has 0 aliphatic carbocycles. The van der Waals surface area contributed by atoms with E-state index in [1.807, 2.05) is 71.6 Å². The third-order valence-electron chi connectivity index (χ3n) is 6.27. The number of primary amides is 1. The number of quaternary nitrogens is 1. The van der Waals surface area contributed by atoms with Crippen molar-refractivity contribution in [1.82, 2.24) is 19.0 Å². The summed E-state index contributed by atoms with van der Waals surface area (Å²) in [6.07, 6.45) is 6.89. The maximum atomic E-state index is 14.0. The highest BCUT2D eigenvalue weighted by atomic mass is 79.9. The zero-order valence-corrected chi connectivity index (χ0v) is 21.9. The lowest BCUT2D eigenvalue weighted by molar-refractivity contribution is -0.134. The highest BCUT2D eigenvalue weighted by Gasteiger charge is 2.53.